The Labute approximate surface area is 96.5 Å². The minimum atomic E-state index is -4.38. The molecular formula is C11H10ClF3O. The highest BCUT2D eigenvalue weighted by molar-refractivity contribution is 6.19. The molecule has 88 valence electrons. The monoisotopic (exact) mass is 250 g/mol. The molecule has 1 aromatic carbocycles. The van der Waals surface area contributed by atoms with Gasteiger partial charge in [0.05, 0.1) is 12.7 Å². The number of hydrogen-bond acceptors (Lipinski definition) is 1. The third kappa shape index (κ3) is 3.45. The van der Waals surface area contributed by atoms with Gasteiger partial charge in [0.1, 0.15) is 5.75 Å². The number of halogens is 4. The normalized spacial score (nSPS) is 12.1. The number of rotatable bonds is 3. The first-order valence-electron chi connectivity index (χ1n) is 4.46. The van der Waals surface area contributed by atoms with Crippen molar-refractivity contribution >= 4 is 17.7 Å². The summed E-state index contributed by atoms with van der Waals surface area (Å²) >= 11 is 5.41. The van der Waals surface area contributed by atoms with E-state index in [4.69, 9.17) is 16.3 Å². The summed E-state index contributed by atoms with van der Waals surface area (Å²) in [5, 5.41) is 0. The first-order valence-corrected chi connectivity index (χ1v) is 4.99. The van der Waals surface area contributed by atoms with Crippen LogP contribution in [0.3, 0.4) is 0 Å². The molecule has 0 saturated heterocycles. The van der Waals surface area contributed by atoms with Gasteiger partial charge < -0.3 is 4.74 Å². The van der Waals surface area contributed by atoms with Gasteiger partial charge in [-0.2, -0.15) is 13.2 Å². The van der Waals surface area contributed by atoms with Crippen LogP contribution < -0.4 is 4.74 Å². The maximum atomic E-state index is 12.5. The molecule has 0 spiro atoms. The van der Waals surface area contributed by atoms with E-state index in [1.54, 1.807) is 6.08 Å². The number of alkyl halides is 4. The van der Waals surface area contributed by atoms with Crippen molar-refractivity contribution in [3.8, 4) is 5.75 Å². The van der Waals surface area contributed by atoms with Gasteiger partial charge >= 0.3 is 6.18 Å². The van der Waals surface area contributed by atoms with E-state index in [9.17, 15) is 13.2 Å². The molecule has 0 aromatic heterocycles. The molecule has 1 aromatic rings. The van der Waals surface area contributed by atoms with E-state index in [1.165, 1.54) is 19.3 Å². The standard InChI is InChI=1S/C11H10ClF3O/c1-16-10-6-8(3-2-4-12)5-9(7-10)11(13,14)15/h2-3,5-7H,4H2,1H3. The predicted molar refractivity (Wildman–Crippen MR) is 57.8 cm³/mol. The average Bonchev–Trinajstić information content (AvgIpc) is 2.24. The molecule has 0 amide bonds. The van der Waals surface area contributed by atoms with Gasteiger partial charge in [-0.25, -0.2) is 0 Å². The number of allylic oxidation sites excluding steroid dienone is 1. The summed E-state index contributed by atoms with van der Waals surface area (Å²) in [5.41, 5.74) is -0.326. The Morgan fingerprint density at radius 2 is 2.00 bits per heavy atom. The molecule has 1 nitrogen and oxygen atoms in total. The van der Waals surface area contributed by atoms with Crippen molar-refractivity contribution < 1.29 is 17.9 Å². The third-order valence-electron chi connectivity index (χ3n) is 1.89. The van der Waals surface area contributed by atoms with Crippen LogP contribution in [0.25, 0.3) is 6.08 Å². The van der Waals surface area contributed by atoms with E-state index < -0.39 is 11.7 Å². The molecule has 0 bridgehead atoms. The van der Waals surface area contributed by atoms with Crippen molar-refractivity contribution in [2.45, 2.75) is 6.18 Å². The summed E-state index contributed by atoms with van der Waals surface area (Å²) in [6, 6.07) is 3.52. The van der Waals surface area contributed by atoms with Crippen LogP contribution in [0, 0.1) is 0 Å². The summed E-state index contributed by atoms with van der Waals surface area (Å²) in [6.07, 6.45) is -1.29. The highest BCUT2D eigenvalue weighted by atomic mass is 35.5. The largest absolute Gasteiger partial charge is 0.497 e. The Balaban J connectivity index is 3.16. The van der Waals surface area contributed by atoms with Crippen LogP contribution in [-0.2, 0) is 6.18 Å². The SMILES string of the molecule is COc1cc(C=CCCl)cc(C(F)(F)F)c1. The van der Waals surface area contributed by atoms with Crippen LogP contribution in [0.15, 0.2) is 24.3 Å². The van der Waals surface area contributed by atoms with Crippen LogP contribution in [0.2, 0.25) is 0 Å². The van der Waals surface area contributed by atoms with E-state index in [0.29, 0.717) is 5.56 Å². The van der Waals surface area contributed by atoms with Crippen LogP contribution in [0.5, 0.6) is 5.75 Å². The van der Waals surface area contributed by atoms with E-state index >= 15 is 0 Å². The summed E-state index contributed by atoms with van der Waals surface area (Å²) in [7, 11) is 1.32. The maximum Gasteiger partial charge on any atom is 0.416 e. The highest BCUT2D eigenvalue weighted by Crippen LogP contribution is 2.32. The number of methoxy groups -OCH3 is 1. The topological polar surface area (TPSA) is 9.23 Å². The Morgan fingerprint density at radius 1 is 1.31 bits per heavy atom. The number of hydrogen-bond donors (Lipinski definition) is 0. The summed E-state index contributed by atoms with van der Waals surface area (Å²) in [4.78, 5) is 0. The second kappa shape index (κ2) is 5.25. The molecule has 0 unspecified atom stereocenters. The van der Waals surface area contributed by atoms with Crippen LogP contribution in [0.1, 0.15) is 11.1 Å². The Bertz CT molecular complexity index is 385. The molecule has 0 heterocycles. The molecule has 16 heavy (non-hydrogen) atoms. The minimum Gasteiger partial charge on any atom is -0.497 e. The van der Waals surface area contributed by atoms with Gasteiger partial charge in [0.15, 0.2) is 0 Å². The van der Waals surface area contributed by atoms with Gasteiger partial charge in [0.25, 0.3) is 0 Å². The van der Waals surface area contributed by atoms with E-state index in [1.807, 2.05) is 0 Å². The number of ether oxygens (including phenoxy) is 1. The molecule has 0 saturated carbocycles. The quantitative estimate of drug-likeness (QED) is 0.738. The molecule has 0 atom stereocenters. The molecule has 0 aliphatic heterocycles. The van der Waals surface area contributed by atoms with Gasteiger partial charge in [-0.3, -0.25) is 0 Å². The lowest BCUT2D eigenvalue weighted by molar-refractivity contribution is -0.137. The Morgan fingerprint density at radius 3 is 2.50 bits per heavy atom. The third-order valence-corrected chi connectivity index (χ3v) is 2.07. The lowest BCUT2D eigenvalue weighted by Gasteiger charge is -2.09. The Hall–Kier alpha value is -1.16. The van der Waals surface area contributed by atoms with Gasteiger partial charge in [0, 0.05) is 5.88 Å². The van der Waals surface area contributed by atoms with E-state index in [-0.39, 0.29) is 11.6 Å². The molecule has 0 aliphatic carbocycles. The van der Waals surface area contributed by atoms with Crippen LogP contribution in [-0.4, -0.2) is 13.0 Å². The molecule has 0 aliphatic rings. The summed E-state index contributed by atoms with van der Waals surface area (Å²) < 4.78 is 42.3. The van der Waals surface area contributed by atoms with Crippen molar-refractivity contribution in [1.29, 1.82) is 0 Å². The van der Waals surface area contributed by atoms with Crippen LogP contribution >= 0.6 is 11.6 Å². The predicted octanol–water partition coefficient (Wildman–Crippen LogP) is 3.97. The Kier molecular flexibility index (Phi) is 4.24. The highest BCUT2D eigenvalue weighted by Gasteiger charge is 2.31. The van der Waals surface area contributed by atoms with Gasteiger partial charge in [-0.15, -0.1) is 11.6 Å². The van der Waals surface area contributed by atoms with Gasteiger partial charge in [-0.05, 0) is 23.8 Å². The fourth-order valence-corrected chi connectivity index (χ4v) is 1.27. The second-order valence-corrected chi connectivity index (χ2v) is 3.36. The lowest BCUT2D eigenvalue weighted by Crippen LogP contribution is -2.05. The van der Waals surface area contributed by atoms with Crippen molar-refractivity contribution in [1.82, 2.24) is 0 Å². The molecule has 0 fully saturated rings. The zero-order valence-electron chi connectivity index (χ0n) is 8.51. The lowest BCUT2D eigenvalue weighted by atomic mass is 10.1. The van der Waals surface area contributed by atoms with Crippen molar-refractivity contribution in [3.63, 3.8) is 0 Å². The molecule has 0 radical (unpaired) electrons. The van der Waals surface area contributed by atoms with Gasteiger partial charge in [-0.1, -0.05) is 12.2 Å². The zero-order valence-corrected chi connectivity index (χ0v) is 9.27. The van der Waals surface area contributed by atoms with Crippen molar-refractivity contribution in [2.24, 2.45) is 0 Å². The first kappa shape index (κ1) is 12.9. The van der Waals surface area contributed by atoms with Crippen LogP contribution in [0.4, 0.5) is 13.2 Å². The first-order chi connectivity index (χ1) is 7.47. The van der Waals surface area contributed by atoms with Crippen molar-refractivity contribution in [3.05, 3.63) is 35.4 Å². The molecule has 5 heteroatoms. The van der Waals surface area contributed by atoms with Crippen molar-refractivity contribution in [2.75, 3.05) is 13.0 Å². The fraction of sp³-hybridized carbons (Fsp3) is 0.273. The minimum absolute atomic E-state index is 0.170. The second-order valence-electron chi connectivity index (χ2n) is 3.05. The summed E-state index contributed by atoms with van der Waals surface area (Å²) in [6.45, 7) is 0. The zero-order chi connectivity index (χ0) is 12.2. The number of benzene rings is 1. The summed E-state index contributed by atoms with van der Waals surface area (Å²) in [5.74, 6) is 0.419. The van der Waals surface area contributed by atoms with E-state index in [0.717, 1.165) is 12.1 Å². The average molecular weight is 251 g/mol. The molecule has 1 rings (SSSR count). The smallest absolute Gasteiger partial charge is 0.416 e. The molecular weight excluding hydrogens is 241 g/mol. The van der Waals surface area contributed by atoms with E-state index in [2.05, 4.69) is 0 Å². The van der Waals surface area contributed by atoms with Gasteiger partial charge in [0.2, 0.25) is 0 Å². The maximum absolute atomic E-state index is 12.5. The molecule has 0 N–H and O–H groups in total. The fourth-order valence-electron chi connectivity index (χ4n) is 1.18.